The van der Waals surface area contributed by atoms with Crippen LogP contribution in [-0.2, 0) is 18.9 Å². The Hall–Kier alpha value is -1.64. The number of Topliss-reactive ketones (excluding diaryl/α,β-unsaturated/α-hetero) is 1. The van der Waals surface area contributed by atoms with Gasteiger partial charge in [0.2, 0.25) is 5.52 Å². The molecule has 0 saturated heterocycles. The van der Waals surface area contributed by atoms with E-state index >= 15 is 0 Å². The van der Waals surface area contributed by atoms with E-state index in [9.17, 15) is 4.79 Å². The third-order valence-corrected chi connectivity index (χ3v) is 3.96. The normalized spacial score (nSPS) is 20.4. The lowest BCUT2D eigenvalue weighted by Crippen LogP contribution is -2.38. The van der Waals surface area contributed by atoms with Crippen LogP contribution < -0.4 is 4.68 Å². The van der Waals surface area contributed by atoms with Crippen LogP contribution in [0.2, 0.25) is 0 Å². The van der Waals surface area contributed by atoms with E-state index in [1.807, 2.05) is 26.2 Å². The van der Waals surface area contributed by atoms with E-state index in [4.69, 9.17) is 0 Å². The van der Waals surface area contributed by atoms with Gasteiger partial charge in [-0.3, -0.25) is 4.79 Å². The lowest BCUT2D eigenvalue weighted by Gasteiger charge is -2.06. The number of ketones is 1. The Bertz CT molecular complexity index is 598. The number of benzene rings is 1. The molecular weight excluding hydrogens is 212 g/mol. The van der Waals surface area contributed by atoms with E-state index in [0.717, 1.165) is 19.3 Å². The minimum Gasteiger partial charge on any atom is -0.299 e. The van der Waals surface area contributed by atoms with E-state index in [1.165, 1.54) is 16.6 Å². The maximum atomic E-state index is 12.0. The second-order valence-electron chi connectivity index (χ2n) is 4.86. The average Bonchev–Trinajstić information content (AvgIpc) is 2.84. The first-order valence-electron chi connectivity index (χ1n) is 6.16. The standard InChI is InChI=1S/C14H17N2O/c1-15-12-8-4-3-6-10(12)14(16(15)2)11-7-5-9-13(11)17/h3-4,6,8,11H,5,7,9H2,1-2H3/q+1. The highest BCUT2D eigenvalue weighted by molar-refractivity contribution is 5.92. The van der Waals surface area contributed by atoms with Crippen molar-refractivity contribution in [2.45, 2.75) is 25.2 Å². The summed E-state index contributed by atoms with van der Waals surface area (Å²) in [5.74, 6) is 0.503. The van der Waals surface area contributed by atoms with Crippen molar-refractivity contribution in [1.82, 2.24) is 4.68 Å². The van der Waals surface area contributed by atoms with Gasteiger partial charge < -0.3 is 0 Å². The Morgan fingerprint density at radius 1 is 1.35 bits per heavy atom. The molecule has 2 aromatic rings. The molecule has 3 heteroatoms. The number of carbonyl (C=O) groups excluding carboxylic acids is 1. The van der Waals surface area contributed by atoms with Crippen molar-refractivity contribution in [3.05, 3.63) is 30.0 Å². The zero-order valence-corrected chi connectivity index (χ0v) is 10.3. The van der Waals surface area contributed by atoms with Gasteiger partial charge in [-0.25, -0.2) is 0 Å². The van der Waals surface area contributed by atoms with E-state index in [1.54, 1.807) is 0 Å². The van der Waals surface area contributed by atoms with Gasteiger partial charge in [-0.15, -0.1) is 4.68 Å². The van der Waals surface area contributed by atoms with Crippen molar-refractivity contribution in [3.8, 4) is 0 Å². The van der Waals surface area contributed by atoms with Crippen LogP contribution in [0.1, 0.15) is 30.9 Å². The third kappa shape index (κ3) is 1.42. The molecule has 1 unspecified atom stereocenters. The topological polar surface area (TPSA) is 25.9 Å². The van der Waals surface area contributed by atoms with Gasteiger partial charge >= 0.3 is 0 Å². The molecule has 17 heavy (non-hydrogen) atoms. The number of fused-ring (bicyclic) bond motifs is 1. The summed E-state index contributed by atoms with van der Waals surface area (Å²) in [6, 6.07) is 8.32. The lowest BCUT2D eigenvalue weighted by atomic mass is 9.99. The Morgan fingerprint density at radius 2 is 2.12 bits per heavy atom. The predicted octanol–water partition coefficient (Wildman–Crippen LogP) is 1.84. The first kappa shape index (κ1) is 10.5. The summed E-state index contributed by atoms with van der Waals surface area (Å²) >= 11 is 0. The van der Waals surface area contributed by atoms with Crippen molar-refractivity contribution >= 4 is 16.7 Å². The second-order valence-corrected chi connectivity index (χ2v) is 4.86. The number of rotatable bonds is 1. The molecule has 1 aromatic carbocycles. The number of carbonyl (C=O) groups is 1. The minimum absolute atomic E-state index is 0.103. The minimum atomic E-state index is 0.103. The van der Waals surface area contributed by atoms with Crippen LogP contribution in [0.15, 0.2) is 24.3 Å². The van der Waals surface area contributed by atoms with Gasteiger partial charge in [-0.2, -0.15) is 4.68 Å². The van der Waals surface area contributed by atoms with Gasteiger partial charge in [-0.1, -0.05) is 12.1 Å². The Labute approximate surface area is 101 Å². The lowest BCUT2D eigenvalue weighted by molar-refractivity contribution is -0.728. The van der Waals surface area contributed by atoms with Crippen molar-refractivity contribution < 1.29 is 9.48 Å². The monoisotopic (exact) mass is 229 g/mol. The van der Waals surface area contributed by atoms with Gasteiger partial charge in [0.05, 0.1) is 18.4 Å². The predicted molar refractivity (Wildman–Crippen MR) is 65.7 cm³/mol. The fourth-order valence-electron chi connectivity index (χ4n) is 2.99. The molecule has 1 aromatic heterocycles. The van der Waals surface area contributed by atoms with Crippen LogP contribution in [-0.4, -0.2) is 10.5 Å². The number of aromatic nitrogens is 2. The van der Waals surface area contributed by atoms with Gasteiger partial charge in [0.1, 0.15) is 11.5 Å². The summed E-state index contributed by atoms with van der Waals surface area (Å²) in [5, 5.41) is 1.22. The zero-order chi connectivity index (χ0) is 12.0. The van der Waals surface area contributed by atoms with E-state index < -0.39 is 0 Å². The number of hydrogen-bond acceptors (Lipinski definition) is 1. The van der Waals surface area contributed by atoms with E-state index in [-0.39, 0.29) is 5.92 Å². The number of nitrogens with zero attached hydrogens (tertiary/aromatic N) is 2. The molecule has 0 radical (unpaired) electrons. The molecule has 3 nitrogen and oxygen atoms in total. The molecule has 3 rings (SSSR count). The summed E-state index contributed by atoms with van der Waals surface area (Å²) in [4.78, 5) is 12.0. The number of para-hydroxylation sites is 1. The smallest absolute Gasteiger partial charge is 0.238 e. The van der Waals surface area contributed by atoms with Gasteiger partial charge in [0.15, 0.2) is 7.05 Å². The Balaban J connectivity index is 2.28. The van der Waals surface area contributed by atoms with E-state index in [2.05, 4.69) is 21.5 Å². The Kier molecular flexibility index (Phi) is 2.28. The van der Waals surface area contributed by atoms with Crippen LogP contribution in [0.4, 0.5) is 0 Å². The largest absolute Gasteiger partial charge is 0.299 e. The van der Waals surface area contributed by atoms with Crippen LogP contribution in [0, 0.1) is 0 Å². The molecule has 1 atom stereocenters. The summed E-state index contributed by atoms with van der Waals surface area (Å²) < 4.78 is 4.24. The van der Waals surface area contributed by atoms with Crippen molar-refractivity contribution in [2.75, 3.05) is 0 Å². The molecule has 0 bridgehead atoms. The molecule has 1 aliphatic rings. The van der Waals surface area contributed by atoms with Gasteiger partial charge in [-0.05, 0) is 18.9 Å². The molecule has 0 aliphatic heterocycles. The highest BCUT2D eigenvalue weighted by Crippen LogP contribution is 2.34. The average molecular weight is 229 g/mol. The van der Waals surface area contributed by atoms with Crippen molar-refractivity contribution in [2.24, 2.45) is 14.1 Å². The number of aryl methyl sites for hydroxylation is 1. The molecule has 1 saturated carbocycles. The molecule has 1 aliphatic carbocycles. The molecule has 0 amide bonds. The fourth-order valence-corrected chi connectivity index (χ4v) is 2.99. The molecule has 1 heterocycles. The maximum absolute atomic E-state index is 12.0. The first-order chi connectivity index (χ1) is 8.20. The summed E-state index contributed by atoms with van der Waals surface area (Å²) in [6.45, 7) is 0. The summed E-state index contributed by atoms with van der Waals surface area (Å²) in [7, 11) is 4.09. The van der Waals surface area contributed by atoms with Crippen LogP contribution in [0.3, 0.4) is 0 Å². The SMILES string of the molecule is Cn1c(C2CCCC2=O)c2ccccc2[n+]1C. The van der Waals surface area contributed by atoms with Gasteiger partial charge in [0, 0.05) is 12.5 Å². The summed E-state index contributed by atoms with van der Waals surface area (Å²) in [5.41, 5.74) is 2.38. The van der Waals surface area contributed by atoms with Crippen LogP contribution in [0.5, 0.6) is 0 Å². The fraction of sp³-hybridized carbons (Fsp3) is 0.429. The molecule has 0 spiro atoms. The zero-order valence-electron chi connectivity index (χ0n) is 10.3. The third-order valence-electron chi connectivity index (χ3n) is 3.96. The van der Waals surface area contributed by atoms with Crippen molar-refractivity contribution in [3.63, 3.8) is 0 Å². The molecular formula is C14H17N2O+. The highest BCUT2D eigenvalue weighted by atomic mass is 16.1. The Morgan fingerprint density at radius 3 is 2.82 bits per heavy atom. The maximum Gasteiger partial charge on any atom is 0.238 e. The quantitative estimate of drug-likeness (QED) is 0.685. The van der Waals surface area contributed by atoms with E-state index in [0.29, 0.717) is 5.78 Å². The highest BCUT2D eigenvalue weighted by Gasteiger charge is 2.33. The first-order valence-corrected chi connectivity index (χ1v) is 6.16. The van der Waals surface area contributed by atoms with Gasteiger partial charge in [0.25, 0.3) is 0 Å². The van der Waals surface area contributed by atoms with Crippen LogP contribution in [0.25, 0.3) is 10.9 Å². The molecule has 1 fully saturated rings. The number of hydrogen-bond donors (Lipinski definition) is 0. The van der Waals surface area contributed by atoms with Crippen LogP contribution >= 0.6 is 0 Å². The molecule has 88 valence electrons. The van der Waals surface area contributed by atoms with Crippen molar-refractivity contribution in [1.29, 1.82) is 0 Å². The second kappa shape index (κ2) is 3.69. The molecule has 0 N–H and O–H groups in total. The summed E-state index contributed by atoms with van der Waals surface area (Å²) in [6.07, 6.45) is 2.78.